The Kier molecular flexibility index (Phi) is 6.29. The van der Waals surface area contributed by atoms with Crippen molar-refractivity contribution in [2.45, 2.75) is 26.7 Å². The van der Waals surface area contributed by atoms with Crippen molar-refractivity contribution in [3.05, 3.63) is 65.0 Å². The highest BCUT2D eigenvalue weighted by Crippen LogP contribution is 2.19. The van der Waals surface area contributed by atoms with E-state index in [4.69, 9.17) is 0 Å². The Hall–Kier alpha value is -2.20. The Bertz CT molecular complexity index is 650. The molecule has 0 bridgehead atoms. The Morgan fingerprint density at radius 3 is 2.39 bits per heavy atom. The first-order valence-corrected chi connectivity index (χ1v) is 7.88. The lowest BCUT2D eigenvalue weighted by Gasteiger charge is -2.11. The van der Waals surface area contributed by atoms with E-state index in [9.17, 15) is 9.18 Å². The Labute approximate surface area is 136 Å². The highest BCUT2D eigenvalue weighted by molar-refractivity contribution is 5.92. The van der Waals surface area contributed by atoms with E-state index < -0.39 is 0 Å². The number of anilines is 1. The first kappa shape index (κ1) is 17.2. The van der Waals surface area contributed by atoms with E-state index in [-0.39, 0.29) is 11.7 Å². The fourth-order valence-corrected chi connectivity index (χ4v) is 2.46. The fourth-order valence-electron chi connectivity index (χ4n) is 2.46. The van der Waals surface area contributed by atoms with Gasteiger partial charge in [-0.3, -0.25) is 4.79 Å². The summed E-state index contributed by atoms with van der Waals surface area (Å²) in [5.74, 6) is -0.192. The van der Waals surface area contributed by atoms with Crippen LogP contribution in [-0.2, 0) is 11.2 Å². The van der Waals surface area contributed by atoms with Crippen LogP contribution in [0.4, 0.5) is 10.1 Å². The molecule has 2 aromatic carbocycles. The van der Waals surface area contributed by atoms with Gasteiger partial charge in [-0.25, -0.2) is 4.39 Å². The Balaban J connectivity index is 1.70. The SMILES string of the molecule is Cc1cccc(C)c1NC(=O)CCNCCc1ccccc1F. The zero-order valence-corrected chi connectivity index (χ0v) is 13.7. The lowest BCUT2D eigenvalue weighted by Crippen LogP contribution is -2.24. The number of benzene rings is 2. The van der Waals surface area contributed by atoms with Crippen LogP contribution < -0.4 is 10.6 Å². The first-order chi connectivity index (χ1) is 11.1. The van der Waals surface area contributed by atoms with Crippen LogP contribution in [0.15, 0.2) is 42.5 Å². The molecule has 0 fully saturated rings. The van der Waals surface area contributed by atoms with Crippen LogP contribution in [0.2, 0.25) is 0 Å². The molecule has 0 saturated heterocycles. The third-order valence-corrected chi connectivity index (χ3v) is 3.80. The van der Waals surface area contributed by atoms with Gasteiger partial charge in [0.15, 0.2) is 0 Å². The second-order valence-corrected chi connectivity index (χ2v) is 5.66. The van der Waals surface area contributed by atoms with Crippen molar-refractivity contribution < 1.29 is 9.18 Å². The summed E-state index contributed by atoms with van der Waals surface area (Å²) in [4.78, 5) is 12.0. The summed E-state index contributed by atoms with van der Waals surface area (Å²) in [5, 5.41) is 6.14. The Morgan fingerprint density at radius 1 is 1.00 bits per heavy atom. The molecule has 2 rings (SSSR count). The maximum Gasteiger partial charge on any atom is 0.225 e. The van der Waals surface area contributed by atoms with Gasteiger partial charge in [0, 0.05) is 18.7 Å². The van der Waals surface area contributed by atoms with Gasteiger partial charge in [-0.1, -0.05) is 36.4 Å². The predicted molar refractivity (Wildman–Crippen MR) is 92.1 cm³/mol. The van der Waals surface area contributed by atoms with Gasteiger partial charge < -0.3 is 10.6 Å². The van der Waals surface area contributed by atoms with Crippen LogP contribution in [0.3, 0.4) is 0 Å². The monoisotopic (exact) mass is 314 g/mol. The number of aryl methyl sites for hydroxylation is 2. The topological polar surface area (TPSA) is 41.1 Å². The quantitative estimate of drug-likeness (QED) is 0.767. The van der Waals surface area contributed by atoms with Crippen LogP contribution in [0.5, 0.6) is 0 Å². The van der Waals surface area contributed by atoms with E-state index in [1.165, 1.54) is 6.07 Å². The minimum absolute atomic E-state index is 0.0132. The van der Waals surface area contributed by atoms with Crippen molar-refractivity contribution >= 4 is 11.6 Å². The average molecular weight is 314 g/mol. The van der Waals surface area contributed by atoms with E-state index in [0.29, 0.717) is 31.5 Å². The molecule has 0 saturated carbocycles. The Morgan fingerprint density at radius 2 is 1.70 bits per heavy atom. The van der Waals surface area contributed by atoms with Crippen LogP contribution in [-0.4, -0.2) is 19.0 Å². The number of para-hydroxylation sites is 1. The summed E-state index contributed by atoms with van der Waals surface area (Å²) < 4.78 is 13.5. The molecule has 3 nitrogen and oxygen atoms in total. The third kappa shape index (κ3) is 5.18. The lowest BCUT2D eigenvalue weighted by atomic mass is 10.1. The summed E-state index contributed by atoms with van der Waals surface area (Å²) in [6.07, 6.45) is 1.01. The largest absolute Gasteiger partial charge is 0.326 e. The van der Waals surface area contributed by atoms with Crippen molar-refractivity contribution in [2.24, 2.45) is 0 Å². The molecule has 0 aromatic heterocycles. The van der Waals surface area contributed by atoms with Gasteiger partial charge in [0.1, 0.15) is 5.82 Å². The van der Waals surface area contributed by atoms with Crippen molar-refractivity contribution in [1.82, 2.24) is 5.32 Å². The summed E-state index contributed by atoms with van der Waals surface area (Å²) in [5.41, 5.74) is 3.71. The molecule has 2 aromatic rings. The molecular weight excluding hydrogens is 291 g/mol. The molecule has 0 heterocycles. The maximum atomic E-state index is 13.5. The van der Waals surface area contributed by atoms with Gasteiger partial charge in [-0.15, -0.1) is 0 Å². The molecule has 0 atom stereocenters. The lowest BCUT2D eigenvalue weighted by molar-refractivity contribution is -0.116. The molecule has 0 aliphatic rings. The molecule has 0 aliphatic heterocycles. The molecule has 122 valence electrons. The van der Waals surface area contributed by atoms with Crippen molar-refractivity contribution in [3.63, 3.8) is 0 Å². The molecule has 4 heteroatoms. The number of amides is 1. The minimum Gasteiger partial charge on any atom is -0.326 e. The molecular formula is C19H23FN2O. The average Bonchev–Trinajstić information content (AvgIpc) is 2.52. The van der Waals surface area contributed by atoms with E-state index in [1.54, 1.807) is 12.1 Å². The molecule has 2 N–H and O–H groups in total. The molecule has 0 unspecified atom stereocenters. The predicted octanol–water partition coefficient (Wildman–Crippen LogP) is 3.60. The molecule has 0 radical (unpaired) electrons. The minimum atomic E-state index is -0.179. The van der Waals surface area contributed by atoms with E-state index >= 15 is 0 Å². The second kappa shape index (κ2) is 8.44. The number of halogens is 1. The smallest absolute Gasteiger partial charge is 0.225 e. The van der Waals surface area contributed by atoms with E-state index in [2.05, 4.69) is 10.6 Å². The van der Waals surface area contributed by atoms with Crippen LogP contribution in [0, 0.1) is 19.7 Å². The van der Waals surface area contributed by atoms with Crippen LogP contribution in [0.25, 0.3) is 0 Å². The third-order valence-electron chi connectivity index (χ3n) is 3.80. The molecule has 0 aliphatic carbocycles. The second-order valence-electron chi connectivity index (χ2n) is 5.66. The van der Waals surface area contributed by atoms with Crippen molar-refractivity contribution in [3.8, 4) is 0 Å². The highest BCUT2D eigenvalue weighted by Gasteiger charge is 2.07. The summed E-state index contributed by atoms with van der Waals surface area (Å²) in [7, 11) is 0. The first-order valence-electron chi connectivity index (χ1n) is 7.88. The van der Waals surface area contributed by atoms with Gasteiger partial charge in [-0.2, -0.15) is 0 Å². The summed E-state index contributed by atoms with van der Waals surface area (Å²) in [6, 6.07) is 12.7. The van der Waals surface area contributed by atoms with Gasteiger partial charge >= 0.3 is 0 Å². The molecule has 23 heavy (non-hydrogen) atoms. The van der Waals surface area contributed by atoms with Gasteiger partial charge in [0.2, 0.25) is 5.91 Å². The van der Waals surface area contributed by atoms with Gasteiger partial charge in [-0.05, 0) is 49.6 Å². The number of nitrogens with one attached hydrogen (secondary N) is 2. The number of carbonyl (C=O) groups is 1. The summed E-state index contributed by atoms with van der Waals surface area (Å²) >= 11 is 0. The number of hydrogen-bond donors (Lipinski definition) is 2. The zero-order valence-electron chi connectivity index (χ0n) is 13.7. The number of rotatable bonds is 7. The van der Waals surface area contributed by atoms with Gasteiger partial charge in [0.25, 0.3) is 0 Å². The van der Waals surface area contributed by atoms with Crippen molar-refractivity contribution in [2.75, 3.05) is 18.4 Å². The standard InChI is InChI=1S/C19H23FN2O/c1-14-6-5-7-15(2)19(14)22-18(23)11-13-21-12-10-16-8-3-4-9-17(16)20/h3-9,21H,10-13H2,1-2H3,(H,22,23). The number of hydrogen-bond acceptors (Lipinski definition) is 2. The normalized spacial score (nSPS) is 10.6. The molecule has 1 amide bonds. The number of carbonyl (C=O) groups excluding carboxylic acids is 1. The molecule has 0 spiro atoms. The maximum absolute atomic E-state index is 13.5. The van der Waals surface area contributed by atoms with Crippen LogP contribution >= 0.6 is 0 Å². The van der Waals surface area contributed by atoms with Crippen molar-refractivity contribution in [1.29, 1.82) is 0 Å². The highest BCUT2D eigenvalue weighted by atomic mass is 19.1. The van der Waals surface area contributed by atoms with E-state index in [0.717, 1.165) is 16.8 Å². The fraction of sp³-hybridized carbons (Fsp3) is 0.316. The summed E-state index contributed by atoms with van der Waals surface area (Å²) in [6.45, 7) is 5.19. The van der Waals surface area contributed by atoms with Crippen LogP contribution in [0.1, 0.15) is 23.1 Å². The van der Waals surface area contributed by atoms with E-state index in [1.807, 2.05) is 38.1 Å². The zero-order chi connectivity index (χ0) is 16.7. The van der Waals surface area contributed by atoms with Gasteiger partial charge in [0.05, 0.1) is 0 Å².